The van der Waals surface area contributed by atoms with E-state index in [0.717, 1.165) is 4.68 Å². The van der Waals surface area contributed by atoms with Gasteiger partial charge in [0, 0.05) is 24.4 Å². The van der Waals surface area contributed by atoms with Crippen LogP contribution < -0.4 is 5.32 Å². The summed E-state index contributed by atoms with van der Waals surface area (Å²) >= 11 is 5.93. The first-order valence-electron chi connectivity index (χ1n) is 9.28. The molecule has 2 aromatic heterocycles. The van der Waals surface area contributed by atoms with E-state index in [-0.39, 0.29) is 36.2 Å². The molecule has 3 rings (SSSR count). The summed E-state index contributed by atoms with van der Waals surface area (Å²) in [6, 6.07) is 5.16. The molecule has 0 bridgehead atoms. The average Bonchev–Trinajstić information content (AvgIpc) is 3.49. The summed E-state index contributed by atoms with van der Waals surface area (Å²) in [6.07, 6.45) is 5.70. The van der Waals surface area contributed by atoms with Gasteiger partial charge in [0.15, 0.2) is 11.5 Å². The molecule has 10 heteroatoms. The zero-order valence-electron chi connectivity index (χ0n) is 16.1. The van der Waals surface area contributed by atoms with Gasteiger partial charge in [0.2, 0.25) is 5.91 Å². The third-order valence-corrected chi connectivity index (χ3v) is 4.81. The van der Waals surface area contributed by atoms with Crippen molar-refractivity contribution in [2.75, 3.05) is 6.54 Å². The fourth-order valence-electron chi connectivity index (χ4n) is 2.87. The lowest BCUT2D eigenvalue weighted by Gasteiger charge is -2.08. The molecule has 0 unspecified atom stereocenters. The second kappa shape index (κ2) is 9.35. The maximum Gasteiger partial charge on any atom is 0.436 e. The zero-order chi connectivity index (χ0) is 22.6. The lowest BCUT2D eigenvalue weighted by molar-refractivity contribution is -0.141. The maximum atomic E-state index is 14.4. The van der Waals surface area contributed by atoms with E-state index in [4.69, 9.17) is 18.0 Å². The van der Waals surface area contributed by atoms with Gasteiger partial charge in [-0.15, -0.1) is 6.42 Å². The van der Waals surface area contributed by atoms with Gasteiger partial charge in [-0.1, -0.05) is 23.7 Å². The number of carbonyl (C=O) groups is 1. The minimum Gasteiger partial charge on any atom is -0.352 e. The van der Waals surface area contributed by atoms with Crippen LogP contribution in [-0.2, 0) is 17.4 Å². The molecule has 0 aliphatic heterocycles. The molecule has 1 aliphatic rings. The predicted molar refractivity (Wildman–Crippen MR) is 107 cm³/mol. The minimum absolute atomic E-state index is 0.00703. The number of allylic oxidation sites excluding steroid dienone is 3. The Labute approximate surface area is 180 Å². The Hall–Kier alpha value is -3.12. The number of halogens is 5. The fourth-order valence-corrected chi connectivity index (χ4v) is 3.25. The van der Waals surface area contributed by atoms with Crippen LogP contribution >= 0.6 is 11.6 Å². The molecule has 1 fully saturated rings. The van der Waals surface area contributed by atoms with Gasteiger partial charge in [0.25, 0.3) is 0 Å². The molecule has 0 radical (unpaired) electrons. The van der Waals surface area contributed by atoms with E-state index in [9.17, 15) is 22.4 Å². The summed E-state index contributed by atoms with van der Waals surface area (Å²) in [4.78, 5) is 16.0. The topological polar surface area (TPSA) is 59.8 Å². The number of hydrogen-bond donors (Lipinski definition) is 1. The van der Waals surface area contributed by atoms with Crippen molar-refractivity contribution in [2.24, 2.45) is 0 Å². The Bertz CT molecular complexity index is 1060. The molecule has 1 aliphatic carbocycles. The Kier molecular flexibility index (Phi) is 6.81. The monoisotopic (exact) mass is 452 g/mol. The third kappa shape index (κ3) is 5.52. The van der Waals surface area contributed by atoms with Gasteiger partial charge in [0.05, 0.1) is 17.1 Å². The lowest BCUT2D eigenvalue weighted by Crippen LogP contribution is -2.25. The molecule has 1 saturated carbocycles. The Morgan fingerprint density at radius 2 is 2.13 bits per heavy atom. The van der Waals surface area contributed by atoms with Crippen molar-refractivity contribution in [1.29, 1.82) is 0 Å². The minimum atomic E-state index is -4.80. The van der Waals surface area contributed by atoms with Gasteiger partial charge >= 0.3 is 6.18 Å². The molecular formula is C21H17ClF4N4O. The highest BCUT2D eigenvalue weighted by molar-refractivity contribution is 6.32. The van der Waals surface area contributed by atoms with E-state index in [0.29, 0.717) is 18.5 Å². The van der Waals surface area contributed by atoms with E-state index in [1.54, 1.807) is 30.3 Å². The number of amides is 1. The molecule has 1 amide bonds. The average molecular weight is 453 g/mol. The molecule has 162 valence electrons. The molecule has 5 nitrogen and oxygen atoms in total. The van der Waals surface area contributed by atoms with E-state index < -0.39 is 22.7 Å². The van der Waals surface area contributed by atoms with E-state index in [2.05, 4.69) is 15.4 Å². The second-order valence-corrected chi connectivity index (χ2v) is 7.16. The molecule has 2 heterocycles. The highest BCUT2D eigenvalue weighted by Crippen LogP contribution is 2.47. The summed E-state index contributed by atoms with van der Waals surface area (Å²) in [5, 5.41) is 5.53. The van der Waals surface area contributed by atoms with Crippen molar-refractivity contribution in [3.05, 3.63) is 64.5 Å². The molecule has 0 saturated heterocycles. The molecule has 31 heavy (non-hydrogen) atoms. The highest BCUT2D eigenvalue weighted by atomic mass is 35.5. The van der Waals surface area contributed by atoms with E-state index >= 15 is 0 Å². The fraction of sp³-hybridized carbons (Fsp3) is 0.286. The Balaban J connectivity index is 1.79. The number of alkyl halides is 3. The van der Waals surface area contributed by atoms with Crippen LogP contribution in [0, 0.1) is 12.3 Å². The normalized spacial score (nSPS) is 15.0. The van der Waals surface area contributed by atoms with Crippen LogP contribution in [0.1, 0.15) is 35.8 Å². The van der Waals surface area contributed by atoms with Crippen LogP contribution in [0.4, 0.5) is 17.6 Å². The number of hydrogen-bond acceptors (Lipinski definition) is 3. The molecule has 0 spiro atoms. The number of pyridine rings is 1. The van der Waals surface area contributed by atoms with Gasteiger partial charge < -0.3 is 5.32 Å². The largest absolute Gasteiger partial charge is 0.436 e. The van der Waals surface area contributed by atoms with Gasteiger partial charge in [-0.2, -0.15) is 22.7 Å². The number of rotatable bonds is 7. The van der Waals surface area contributed by atoms with Crippen molar-refractivity contribution >= 4 is 23.2 Å². The van der Waals surface area contributed by atoms with Crippen molar-refractivity contribution in [2.45, 2.75) is 31.4 Å². The molecular weight excluding hydrogens is 436 g/mol. The summed E-state index contributed by atoms with van der Waals surface area (Å²) in [5.41, 5.74) is -1.02. The highest BCUT2D eigenvalue weighted by Gasteiger charge is 2.42. The Morgan fingerprint density at radius 3 is 2.71 bits per heavy atom. The van der Waals surface area contributed by atoms with Crippen molar-refractivity contribution in [3.63, 3.8) is 0 Å². The molecule has 0 atom stereocenters. The number of carbonyl (C=O) groups excluding carboxylic acids is 1. The molecule has 1 N–H and O–H groups in total. The first kappa shape index (κ1) is 22.6. The smallest absolute Gasteiger partial charge is 0.352 e. The Morgan fingerprint density at radius 1 is 1.39 bits per heavy atom. The maximum absolute atomic E-state index is 14.4. The summed E-state index contributed by atoms with van der Waals surface area (Å²) < 4.78 is 55.0. The lowest BCUT2D eigenvalue weighted by atomic mass is 10.2. The van der Waals surface area contributed by atoms with Crippen LogP contribution in [0.25, 0.3) is 5.70 Å². The number of aromatic nitrogens is 3. The molecule has 0 aromatic carbocycles. The van der Waals surface area contributed by atoms with Crippen molar-refractivity contribution in [1.82, 2.24) is 20.1 Å². The van der Waals surface area contributed by atoms with Crippen LogP contribution in [-0.4, -0.2) is 27.2 Å². The predicted octanol–water partition coefficient (Wildman–Crippen LogP) is 4.51. The van der Waals surface area contributed by atoms with Crippen LogP contribution in [0.2, 0.25) is 5.02 Å². The number of terminal acetylenes is 1. The van der Waals surface area contributed by atoms with Crippen LogP contribution in [0.3, 0.4) is 0 Å². The first-order valence-corrected chi connectivity index (χ1v) is 9.65. The third-order valence-electron chi connectivity index (χ3n) is 4.43. The zero-order valence-corrected chi connectivity index (χ0v) is 16.8. The van der Waals surface area contributed by atoms with Gasteiger partial charge in [0.1, 0.15) is 5.70 Å². The van der Waals surface area contributed by atoms with E-state index in [1.165, 1.54) is 12.2 Å². The van der Waals surface area contributed by atoms with Gasteiger partial charge in [-0.25, -0.2) is 4.68 Å². The first-order chi connectivity index (χ1) is 14.7. The van der Waals surface area contributed by atoms with Gasteiger partial charge in [-0.3, -0.25) is 9.78 Å². The van der Waals surface area contributed by atoms with E-state index in [1.807, 2.05) is 0 Å². The SMILES string of the molecule is C#C/C(F)=C(\C=C/CNC(=O)Cc1ccccn1)n1nc(C(F)(F)F)c(Cl)c1C1CC1. The van der Waals surface area contributed by atoms with Crippen LogP contribution in [0.15, 0.2) is 42.4 Å². The van der Waals surface area contributed by atoms with Crippen LogP contribution in [0.5, 0.6) is 0 Å². The molecule has 2 aromatic rings. The van der Waals surface area contributed by atoms with Gasteiger partial charge in [-0.05, 0) is 37.0 Å². The summed E-state index contributed by atoms with van der Waals surface area (Å²) in [6.45, 7) is -0.00703. The summed E-state index contributed by atoms with van der Waals surface area (Å²) in [5.74, 6) is 0.0868. The number of nitrogens with zero attached hydrogens (tertiary/aromatic N) is 3. The number of nitrogens with one attached hydrogen (secondary N) is 1. The van der Waals surface area contributed by atoms with Crippen molar-refractivity contribution < 1.29 is 22.4 Å². The summed E-state index contributed by atoms with van der Waals surface area (Å²) in [7, 11) is 0. The standard InChI is InChI=1S/C21H17ClF4N4O/c1-2-15(23)16(7-5-11-28-17(31)12-14-6-3-4-10-27-14)30-19(13-8-9-13)18(22)20(29-30)21(24,25)26/h1,3-7,10,13H,8-9,11-12H2,(H,28,31)/b7-5-,16-15-. The quantitative estimate of drug-likeness (QED) is 0.382. The second-order valence-electron chi connectivity index (χ2n) is 6.78. The van der Waals surface area contributed by atoms with Crippen molar-refractivity contribution in [3.8, 4) is 12.3 Å².